The van der Waals surface area contributed by atoms with E-state index in [4.69, 9.17) is 24.3 Å². The Morgan fingerprint density at radius 1 is 0.403 bits per heavy atom. The highest BCUT2D eigenvalue weighted by atomic mass is 31.2. The second kappa shape index (κ2) is 62.6. The van der Waals surface area contributed by atoms with Crippen molar-refractivity contribution in [2.75, 3.05) is 26.4 Å². The van der Waals surface area contributed by atoms with Crippen LogP contribution in [-0.4, -0.2) is 49.3 Å². The molecule has 2 atom stereocenters. The molecule has 0 rings (SSSR count). The number of ether oxygens (including phenoxy) is 2. The van der Waals surface area contributed by atoms with Gasteiger partial charge in [0, 0.05) is 19.4 Å². The fourth-order valence-electron chi connectivity index (χ4n) is 9.35. The van der Waals surface area contributed by atoms with Crippen molar-refractivity contribution in [3.8, 4) is 0 Å². The summed E-state index contributed by atoms with van der Waals surface area (Å²) in [5.74, 6) is -0.815. The summed E-state index contributed by atoms with van der Waals surface area (Å²) in [6, 6.07) is 0. The second-order valence-corrected chi connectivity index (χ2v) is 23.1. The van der Waals surface area contributed by atoms with Gasteiger partial charge in [-0.15, -0.1) is 0 Å². The lowest BCUT2D eigenvalue weighted by atomic mass is 10.0. The first-order valence-electron chi connectivity index (χ1n) is 32.4. The largest absolute Gasteiger partial charge is 0.472 e. The third kappa shape index (κ3) is 62.5. The second-order valence-electron chi connectivity index (χ2n) is 21.6. The number of unbranched alkanes of at least 4 members (excludes halogenated alkanes) is 36. The monoisotopic (exact) mass is 1100 g/mol. The number of phosphoric ester groups is 1. The molecular weight excluding hydrogens is 978 g/mol. The molecule has 77 heavy (non-hydrogen) atoms. The molecule has 0 aromatic carbocycles. The maximum atomic E-state index is 12.7. The molecule has 448 valence electrons. The predicted molar refractivity (Wildman–Crippen MR) is 330 cm³/mol. The summed E-state index contributed by atoms with van der Waals surface area (Å²) in [6.07, 6.45) is 81.2. The molecule has 0 aromatic heterocycles. The van der Waals surface area contributed by atoms with Gasteiger partial charge in [0.15, 0.2) is 6.10 Å². The van der Waals surface area contributed by atoms with Gasteiger partial charge in [-0.2, -0.15) is 0 Å². The fraction of sp³-hybridized carbons (Fsp3) is 0.791. The minimum absolute atomic E-state index is 0.0532. The van der Waals surface area contributed by atoms with Gasteiger partial charge < -0.3 is 20.1 Å². The first-order chi connectivity index (χ1) is 37.8. The van der Waals surface area contributed by atoms with Crippen molar-refractivity contribution in [3.05, 3.63) is 72.9 Å². The Morgan fingerprint density at radius 3 is 1.06 bits per heavy atom. The molecule has 0 saturated heterocycles. The SMILES string of the molecule is CC/C=C\C/C=C\C/C=C\C/C=C\C/C=C\C/C=C\CCCCCCCCCCCCCCCCC(=O)OC(COC(=O)CCCCCCCCCCCCCCCCCCCCCCCCC)COP(=O)(O)OCCN. The van der Waals surface area contributed by atoms with Gasteiger partial charge in [-0.1, -0.05) is 305 Å². The summed E-state index contributed by atoms with van der Waals surface area (Å²) in [5, 5.41) is 0. The lowest BCUT2D eigenvalue weighted by Crippen LogP contribution is -2.29. The van der Waals surface area contributed by atoms with E-state index >= 15 is 0 Å². The average Bonchev–Trinajstić information content (AvgIpc) is 3.42. The van der Waals surface area contributed by atoms with Gasteiger partial charge in [0.25, 0.3) is 0 Å². The zero-order chi connectivity index (χ0) is 55.9. The Kier molecular flexibility index (Phi) is 60.6. The van der Waals surface area contributed by atoms with E-state index in [1.807, 2.05) is 0 Å². The van der Waals surface area contributed by atoms with Gasteiger partial charge in [-0.05, 0) is 64.2 Å². The smallest absolute Gasteiger partial charge is 0.462 e. The third-order valence-corrected chi connectivity index (χ3v) is 15.1. The van der Waals surface area contributed by atoms with Gasteiger partial charge in [-0.25, -0.2) is 4.57 Å². The minimum atomic E-state index is -4.39. The van der Waals surface area contributed by atoms with Crippen LogP contribution in [-0.2, 0) is 32.7 Å². The number of carbonyl (C=O) groups is 2. The van der Waals surface area contributed by atoms with Crippen LogP contribution in [0, 0.1) is 0 Å². The number of esters is 2. The zero-order valence-electron chi connectivity index (χ0n) is 50.2. The molecule has 2 unspecified atom stereocenters. The molecule has 0 saturated carbocycles. The van der Waals surface area contributed by atoms with Crippen LogP contribution in [0.5, 0.6) is 0 Å². The van der Waals surface area contributed by atoms with Crippen LogP contribution in [0.25, 0.3) is 0 Å². The normalized spacial score (nSPS) is 13.5. The summed E-state index contributed by atoms with van der Waals surface area (Å²) in [5.41, 5.74) is 5.39. The predicted octanol–water partition coefficient (Wildman–Crippen LogP) is 20.9. The highest BCUT2D eigenvalue weighted by Gasteiger charge is 2.26. The molecule has 0 aliphatic carbocycles. The molecule has 3 N–H and O–H groups in total. The lowest BCUT2D eigenvalue weighted by Gasteiger charge is -2.19. The molecule has 9 nitrogen and oxygen atoms in total. The van der Waals surface area contributed by atoms with E-state index in [1.54, 1.807) is 0 Å². The lowest BCUT2D eigenvalue weighted by molar-refractivity contribution is -0.161. The Hall–Kier alpha value is -2.55. The molecule has 0 aliphatic rings. The number of hydrogen-bond donors (Lipinski definition) is 2. The van der Waals surface area contributed by atoms with Crippen LogP contribution < -0.4 is 5.73 Å². The van der Waals surface area contributed by atoms with Crippen LogP contribution in [0.15, 0.2) is 72.9 Å². The minimum Gasteiger partial charge on any atom is -0.462 e. The number of nitrogens with two attached hydrogens (primary N) is 1. The Morgan fingerprint density at radius 2 is 0.714 bits per heavy atom. The Labute approximate surface area is 475 Å². The molecular formula is C67H122NO8P. The topological polar surface area (TPSA) is 134 Å². The van der Waals surface area contributed by atoms with Crippen molar-refractivity contribution in [1.82, 2.24) is 0 Å². The number of allylic oxidation sites excluding steroid dienone is 12. The molecule has 0 fully saturated rings. The summed E-state index contributed by atoms with van der Waals surface area (Å²) in [4.78, 5) is 35.3. The highest BCUT2D eigenvalue weighted by molar-refractivity contribution is 7.47. The van der Waals surface area contributed by atoms with Gasteiger partial charge in [0.05, 0.1) is 13.2 Å². The Bertz CT molecular complexity index is 1490. The molecule has 0 bridgehead atoms. The van der Waals surface area contributed by atoms with Gasteiger partial charge in [-0.3, -0.25) is 18.6 Å². The molecule has 0 spiro atoms. The number of rotatable bonds is 61. The van der Waals surface area contributed by atoms with Crippen LogP contribution >= 0.6 is 7.82 Å². The van der Waals surface area contributed by atoms with E-state index in [9.17, 15) is 19.0 Å². The van der Waals surface area contributed by atoms with Crippen molar-refractivity contribution in [2.24, 2.45) is 5.73 Å². The summed E-state index contributed by atoms with van der Waals surface area (Å²) in [7, 11) is -4.39. The van der Waals surface area contributed by atoms with Crippen molar-refractivity contribution in [1.29, 1.82) is 0 Å². The summed E-state index contributed by atoms with van der Waals surface area (Å²) < 4.78 is 33.1. The van der Waals surface area contributed by atoms with E-state index in [-0.39, 0.29) is 38.6 Å². The molecule has 0 aliphatic heterocycles. The highest BCUT2D eigenvalue weighted by Crippen LogP contribution is 2.43. The first-order valence-corrected chi connectivity index (χ1v) is 33.9. The maximum Gasteiger partial charge on any atom is 0.472 e. The average molecular weight is 1100 g/mol. The van der Waals surface area contributed by atoms with Crippen molar-refractivity contribution >= 4 is 19.8 Å². The number of hydrogen-bond acceptors (Lipinski definition) is 8. The Balaban J connectivity index is 3.90. The summed E-state index contributed by atoms with van der Waals surface area (Å²) in [6.45, 7) is 3.68. The van der Waals surface area contributed by atoms with Gasteiger partial charge in [0.2, 0.25) is 0 Å². The zero-order valence-corrected chi connectivity index (χ0v) is 51.1. The van der Waals surface area contributed by atoms with E-state index < -0.39 is 26.5 Å². The molecule has 0 aromatic rings. The standard InChI is InChI=1S/C67H122NO8P/c1-3-5-7-9-11-13-15-17-19-21-23-25-27-28-29-30-31-32-33-34-35-36-38-40-42-44-46-48-50-52-54-56-58-60-67(70)76-65(64-75-77(71,72)74-62-61-68)63-73-66(69)59-57-55-53-51-49-47-45-43-41-39-37-26-24-22-20-18-16-14-12-10-8-6-4-2/h5,7,11,13,17,19,23,25,28-29,31-32,65H,3-4,6,8-10,12,14-16,18,20-22,24,26-27,30,33-64,68H2,1-2H3,(H,71,72)/b7-5-,13-11-,19-17-,25-23-,29-28-,32-31-. The van der Waals surface area contributed by atoms with Gasteiger partial charge in [0.1, 0.15) is 6.61 Å². The molecule has 0 heterocycles. The quantitative estimate of drug-likeness (QED) is 0.0264. The maximum absolute atomic E-state index is 12.7. The molecule has 10 heteroatoms. The fourth-order valence-corrected chi connectivity index (χ4v) is 10.1. The van der Waals surface area contributed by atoms with Crippen LogP contribution in [0.4, 0.5) is 0 Å². The van der Waals surface area contributed by atoms with Crippen LogP contribution in [0.3, 0.4) is 0 Å². The molecule has 0 amide bonds. The number of carbonyl (C=O) groups excluding carboxylic acids is 2. The van der Waals surface area contributed by atoms with Crippen LogP contribution in [0.2, 0.25) is 0 Å². The van der Waals surface area contributed by atoms with E-state index in [1.165, 1.54) is 199 Å². The molecule has 0 radical (unpaired) electrons. The van der Waals surface area contributed by atoms with Crippen molar-refractivity contribution in [2.45, 2.75) is 315 Å². The van der Waals surface area contributed by atoms with E-state index in [2.05, 4.69) is 86.8 Å². The van der Waals surface area contributed by atoms with Crippen molar-refractivity contribution in [3.63, 3.8) is 0 Å². The van der Waals surface area contributed by atoms with Crippen molar-refractivity contribution < 1.29 is 37.6 Å². The van der Waals surface area contributed by atoms with E-state index in [0.29, 0.717) is 6.42 Å². The third-order valence-electron chi connectivity index (χ3n) is 14.1. The number of phosphoric acid groups is 1. The summed E-state index contributed by atoms with van der Waals surface area (Å²) >= 11 is 0. The van der Waals surface area contributed by atoms with E-state index in [0.717, 1.165) is 77.0 Å². The first kappa shape index (κ1) is 74.5. The van der Waals surface area contributed by atoms with Crippen LogP contribution in [0.1, 0.15) is 309 Å². The van der Waals surface area contributed by atoms with Gasteiger partial charge >= 0.3 is 19.8 Å².